The van der Waals surface area contributed by atoms with Crippen molar-refractivity contribution in [2.45, 2.75) is 26.7 Å². The molecule has 0 aromatic heterocycles. The van der Waals surface area contributed by atoms with E-state index >= 15 is 0 Å². The summed E-state index contributed by atoms with van der Waals surface area (Å²) in [7, 11) is 0. The lowest BCUT2D eigenvalue weighted by Crippen LogP contribution is -2.30. The van der Waals surface area contributed by atoms with Crippen LogP contribution in [0.5, 0.6) is 0 Å². The third-order valence-corrected chi connectivity index (χ3v) is 4.93. The Hall–Kier alpha value is -1.36. The third kappa shape index (κ3) is 3.28. The number of amides is 1. The Balaban J connectivity index is 1.90. The quantitative estimate of drug-likeness (QED) is 0.854. The van der Waals surface area contributed by atoms with Crippen molar-refractivity contribution >= 4 is 27.8 Å². The van der Waals surface area contributed by atoms with E-state index < -0.39 is 23.2 Å². The Morgan fingerprint density at radius 1 is 1.29 bits per heavy atom. The highest BCUT2D eigenvalue weighted by Crippen LogP contribution is 2.58. The Bertz CT molecular complexity index is 553. The minimum absolute atomic E-state index is 0.156. The van der Waals surface area contributed by atoms with Crippen molar-refractivity contribution in [2.75, 3.05) is 6.54 Å². The van der Waals surface area contributed by atoms with Gasteiger partial charge in [-0.25, -0.2) is 0 Å². The second kappa shape index (κ2) is 5.79. The predicted octanol–water partition coefficient (Wildman–Crippen LogP) is 3.03. The Labute approximate surface area is 133 Å². The molecule has 0 radical (unpaired) electrons. The van der Waals surface area contributed by atoms with Gasteiger partial charge in [-0.2, -0.15) is 0 Å². The number of carbonyl (C=O) groups excluding carboxylic acids is 1. The summed E-state index contributed by atoms with van der Waals surface area (Å²) in [5.74, 6) is -1.85. The number of hydrogen-bond acceptors (Lipinski definition) is 2. The molecule has 0 saturated heterocycles. The zero-order valence-corrected chi connectivity index (χ0v) is 14.0. The summed E-state index contributed by atoms with van der Waals surface area (Å²) in [6, 6.07) is 7.97. The number of halogens is 1. The van der Waals surface area contributed by atoms with Crippen molar-refractivity contribution < 1.29 is 14.7 Å². The average molecular weight is 354 g/mol. The van der Waals surface area contributed by atoms with Gasteiger partial charge in [0.1, 0.15) is 0 Å². The van der Waals surface area contributed by atoms with Crippen LogP contribution < -0.4 is 5.32 Å². The number of carboxylic acid groups (broad SMARTS) is 1. The summed E-state index contributed by atoms with van der Waals surface area (Å²) in [5, 5.41) is 12.0. The van der Waals surface area contributed by atoms with E-state index in [-0.39, 0.29) is 11.8 Å². The highest BCUT2D eigenvalue weighted by Gasteiger charge is 2.65. The molecule has 21 heavy (non-hydrogen) atoms. The maximum absolute atomic E-state index is 12.1. The molecule has 2 N–H and O–H groups in total. The molecule has 4 nitrogen and oxygen atoms in total. The lowest BCUT2D eigenvalue weighted by Gasteiger charge is -2.13. The predicted molar refractivity (Wildman–Crippen MR) is 84.0 cm³/mol. The third-order valence-electron chi connectivity index (χ3n) is 4.40. The number of rotatable bonds is 5. The van der Waals surface area contributed by atoms with Gasteiger partial charge in [0.15, 0.2) is 0 Å². The van der Waals surface area contributed by atoms with Crippen molar-refractivity contribution in [3.63, 3.8) is 0 Å². The molecular formula is C16H20BrNO3. The molecule has 1 aliphatic rings. The van der Waals surface area contributed by atoms with Crippen LogP contribution in [0.3, 0.4) is 0 Å². The lowest BCUT2D eigenvalue weighted by atomic mass is 10.0. The largest absolute Gasteiger partial charge is 0.481 e. The molecule has 5 heteroatoms. The van der Waals surface area contributed by atoms with Crippen LogP contribution >= 0.6 is 15.9 Å². The van der Waals surface area contributed by atoms with Gasteiger partial charge >= 0.3 is 5.97 Å². The summed E-state index contributed by atoms with van der Waals surface area (Å²) < 4.78 is 1.02. The molecule has 0 spiro atoms. The maximum atomic E-state index is 12.1. The van der Waals surface area contributed by atoms with E-state index in [2.05, 4.69) is 21.2 Å². The molecule has 2 rings (SSSR count). The smallest absolute Gasteiger partial charge is 0.307 e. The molecule has 1 aliphatic carbocycles. The van der Waals surface area contributed by atoms with Crippen LogP contribution in [-0.4, -0.2) is 23.5 Å². The Morgan fingerprint density at radius 3 is 2.33 bits per heavy atom. The average Bonchev–Trinajstić information content (AvgIpc) is 2.99. The van der Waals surface area contributed by atoms with Gasteiger partial charge < -0.3 is 10.4 Å². The van der Waals surface area contributed by atoms with Gasteiger partial charge in [0.2, 0.25) is 5.91 Å². The number of carbonyl (C=O) groups is 2. The number of nitrogens with one attached hydrogen (secondary N) is 1. The van der Waals surface area contributed by atoms with Crippen LogP contribution in [0.2, 0.25) is 0 Å². The summed E-state index contributed by atoms with van der Waals surface area (Å²) in [5.41, 5.74) is 0.694. The molecule has 3 atom stereocenters. The zero-order chi connectivity index (χ0) is 15.8. The van der Waals surface area contributed by atoms with Crippen molar-refractivity contribution in [3.8, 4) is 0 Å². The molecule has 3 unspecified atom stereocenters. The van der Waals surface area contributed by atoms with Gasteiger partial charge in [-0.3, -0.25) is 9.59 Å². The number of carboxylic acids is 1. The van der Waals surface area contributed by atoms with E-state index in [0.717, 1.165) is 10.0 Å². The number of benzene rings is 1. The van der Waals surface area contributed by atoms with Gasteiger partial charge in [-0.05, 0) is 29.0 Å². The number of hydrogen-bond donors (Lipinski definition) is 2. The van der Waals surface area contributed by atoms with Crippen LogP contribution in [-0.2, 0) is 9.59 Å². The molecule has 1 amide bonds. The fraction of sp³-hybridized carbons (Fsp3) is 0.500. The highest BCUT2D eigenvalue weighted by molar-refractivity contribution is 9.10. The molecule has 1 saturated carbocycles. The second-order valence-corrected chi connectivity index (χ2v) is 7.23. The molecule has 0 aliphatic heterocycles. The van der Waals surface area contributed by atoms with Crippen LogP contribution in [0.15, 0.2) is 28.7 Å². The van der Waals surface area contributed by atoms with E-state index in [1.807, 2.05) is 45.0 Å². The van der Waals surface area contributed by atoms with E-state index in [1.54, 1.807) is 0 Å². The van der Waals surface area contributed by atoms with Crippen LogP contribution in [0.1, 0.15) is 32.3 Å². The zero-order valence-electron chi connectivity index (χ0n) is 12.4. The Kier molecular flexibility index (Phi) is 4.42. The van der Waals surface area contributed by atoms with E-state index in [0.29, 0.717) is 6.54 Å². The van der Waals surface area contributed by atoms with Crippen molar-refractivity contribution in [2.24, 2.45) is 17.3 Å². The van der Waals surface area contributed by atoms with Crippen molar-refractivity contribution in [1.29, 1.82) is 0 Å². The van der Waals surface area contributed by atoms with Gasteiger partial charge in [0.05, 0.1) is 11.8 Å². The van der Waals surface area contributed by atoms with Crippen molar-refractivity contribution in [3.05, 3.63) is 34.3 Å². The minimum atomic E-state index is -0.888. The van der Waals surface area contributed by atoms with Gasteiger partial charge in [0.25, 0.3) is 0 Å². The standard InChI is InChI=1S/C16H20BrNO3/c1-9(10-4-6-11(17)7-5-10)8-18-14(19)12-13(15(20)21)16(12,2)3/h4-7,9,12-13H,8H2,1-3H3,(H,18,19)(H,20,21). The minimum Gasteiger partial charge on any atom is -0.481 e. The molecule has 114 valence electrons. The molecular weight excluding hydrogens is 334 g/mol. The van der Waals surface area contributed by atoms with E-state index in [1.165, 1.54) is 0 Å². The van der Waals surface area contributed by atoms with Crippen LogP contribution in [0, 0.1) is 17.3 Å². The monoisotopic (exact) mass is 353 g/mol. The first-order valence-electron chi connectivity index (χ1n) is 7.01. The summed E-state index contributed by atoms with van der Waals surface area (Å²) in [4.78, 5) is 23.2. The lowest BCUT2D eigenvalue weighted by molar-refractivity contribution is -0.140. The van der Waals surface area contributed by atoms with Crippen LogP contribution in [0.4, 0.5) is 0 Å². The molecule has 0 heterocycles. The first kappa shape index (κ1) is 16.0. The highest BCUT2D eigenvalue weighted by atomic mass is 79.9. The summed E-state index contributed by atoms with van der Waals surface area (Å²) >= 11 is 3.39. The molecule has 0 bridgehead atoms. The fourth-order valence-corrected chi connectivity index (χ4v) is 3.13. The van der Waals surface area contributed by atoms with Gasteiger partial charge in [-0.1, -0.05) is 48.8 Å². The fourth-order valence-electron chi connectivity index (χ4n) is 2.86. The van der Waals surface area contributed by atoms with Gasteiger partial charge in [-0.15, -0.1) is 0 Å². The second-order valence-electron chi connectivity index (χ2n) is 6.31. The molecule has 1 aromatic rings. The van der Waals surface area contributed by atoms with E-state index in [9.17, 15) is 9.59 Å². The molecule has 1 fully saturated rings. The number of aliphatic carboxylic acids is 1. The summed E-state index contributed by atoms with van der Waals surface area (Å²) in [6.45, 7) is 6.21. The first-order valence-corrected chi connectivity index (χ1v) is 7.80. The van der Waals surface area contributed by atoms with Crippen LogP contribution in [0.25, 0.3) is 0 Å². The normalized spacial score (nSPS) is 24.2. The Morgan fingerprint density at radius 2 is 1.86 bits per heavy atom. The topological polar surface area (TPSA) is 66.4 Å². The summed E-state index contributed by atoms with van der Waals surface area (Å²) in [6.07, 6.45) is 0. The molecule has 1 aromatic carbocycles. The SMILES string of the molecule is CC(CNC(=O)C1C(C(=O)O)C1(C)C)c1ccc(Br)cc1. The van der Waals surface area contributed by atoms with Crippen molar-refractivity contribution in [1.82, 2.24) is 5.32 Å². The van der Waals surface area contributed by atoms with Gasteiger partial charge in [0, 0.05) is 11.0 Å². The first-order chi connectivity index (χ1) is 9.75. The van der Waals surface area contributed by atoms with E-state index in [4.69, 9.17) is 5.11 Å². The maximum Gasteiger partial charge on any atom is 0.307 e.